The lowest BCUT2D eigenvalue weighted by Crippen LogP contribution is -2.48. The molecule has 0 bridgehead atoms. The van der Waals surface area contributed by atoms with E-state index < -0.39 is 10.0 Å². The van der Waals surface area contributed by atoms with Gasteiger partial charge in [0.1, 0.15) is 0 Å². The van der Waals surface area contributed by atoms with E-state index >= 15 is 0 Å². The molecule has 1 aliphatic rings. The predicted octanol–water partition coefficient (Wildman–Crippen LogP) is 2.14. The molecular weight excluding hydrogens is 272 g/mol. The molecule has 20 heavy (non-hydrogen) atoms. The highest BCUT2D eigenvalue weighted by Crippen LogP contribution is 2.25. The average molecular weight is 296 g/mol. The molecule has 0 spiro atoms. The van der Waals surface area contributed by atoms with Crippen molar-refractivity contribution in [1.29, 1.82) is 0 Å². The molecule has 4 nitrogen and oxygen atoms in total. The van der Waals surface area contributed by atoms with E-state index in [1.807, 2.05) is 19.1 Å². The van der Waals surface area contributed by atoms with Crippen molar-refractivity contribution < 1.29 is 8.42 Å². The molecular formula is C15H24N2O2S. The van der Waals surface area contributed by atoms with Crippen molar-refractivity contribution >= 4 is 10.0 Å². The Morgan fingerprint density at radius 2 is 1.95 bits per heavy atom. The van der Waals surface area contributed by atoms with Crippen LogP contribution in [0.25, 0.3) is 0 Å². The van der Waals surface area contributed by atoms with Crippen LogP contribution >= 0.6 is 0 Å². The van der Waals surface area contributed by atoms with Gasteiger partial charge in [-0.2, -0.15) is 4.31 Å². The maximum Gasteiger partial charge on any atom is 0.243 e. The molecule has 0 aromatic heterocycles. The predicted molar refractivity (Wildman–Crippen MR) is 81.0 cm³/mol. The lowest BCUT2D eigenvalue weighted by atomic mass is 10.0. The topological polar surface area (TPSA) is 63.4 Å². The maximum atomic E-state index is 12.7. The Hall–Kier alpha value is -0.910. The van der Waals surface area contributed by atoms with Gasteiger partial charge < -0.3 is 5.73 Å². The fraction of sp³-hybridized carbons (Fsp3) is 0.600. The SMILES string of the molecule is CCCc1ccc(S(=O)(=O)N2CCC(N)CC2C)cc1. The number of sulfonamides is 1. The molecule has 0 amide bonds. The van der Waals surface area contributed by atoms with Crippen LogP contribution in [-0.2, 0) is 16.4 Å². The molecule has 0 saturated carbocycles. The van der Waals surface area contributed by atoms with Crippen LogP contribution in [0, 0.1) is 0 Å². The molecule has 2 unspecified atom stereocenters. The number of benzene rings is 1. The second kappa shape index (κ2) is 6.24. The van der Waals surface area contributed by atoms with E-state index in [1.54, 1.807) is 16.4 Å². The van der Waals surface area contributed by atoms with E-state index in [4.69, 9.17) is 5.73 Å². The monoisotopic (exact) mass is 296 g/mol. The molecule has 1 aromatic carbocycles. The molecule has 1 aliphatic heterocycles. The minimum Gasteiger partial charge on any atom is -0.328 e. The first-order chi connectivity index (χ1) is 9.45. The first kappa shape index (κ1) is 15.5. The molecule has 1 aromatic rings. The summed E-state index contributed by atoms with van der Waals surface area (Å²) in [6, 6.07) is 7.36. The smallest absolute Gasteiger partial charge is 0.243 e. The van der Waals surface area contributed by atoms with Crippen molar-refractivity contribution in [3.05, 3.63) is 29.8 Å². The number of piperidine rings is 1. The number of hydrogen-bond donors (Lipinski definition) is 1. The molecule has 1 heterocycles. The lowest BCUT2D eigenvalue weighted by molar-refractivity contribution is 0.247. The van der Waals surface area contributed by atoms with Gasteiger partial charge in [0.25, 0.3) is 0 Å². The van der Waals surface area contributed by atoms with Gasteiger partial charge in [0.2, 0.25) is 10.0 Å². The zero-order chi connectivity index (χ0) is 14.8. The number of nitrogens with two attached hydrogens (primary N) is 1. The van der Waals surface area contributed by atoms with Gasteiger partial charge in [0, 0.05) is 18.6 Å². The Morgan fingerprint density at radius 3 is 2.50 bits per heavy atom. The molecule has 2 rings (SSSR count). The summed E-state index contributed by atoms with van der Waals surface area (Å²) in [5.41, 5.74) is 7.08. The Labute approximate surface area is 122 Å². The Bertz CT molecular complexity index is 539. The van der Waals surface area contributed by atoms with Gasteiger partial charge in [0.15, 0.2) is 0 Å². The zero-order valence-corrected chi connectivity index (χ0v) is 13.1. The summed E-state index contributed by atoms with van der Waals surface area (Å²) in [4.78, 5) is 0.389. The van der Waals surface area contributed by atoms with Crippen LogP contribution in [0.4, 0.5) is 0 Å². The average Bonchev–Trinajstić information content (AvgIpc) is 2.39. The third-order valence-corrected chi connectivity index (χ3v) is 5.95. The molecule has 1 saturated heterocycles. The molecule has 112 valence electrons. The second-order valence-corrected chi connectivity index (χ2v) is 7.53. The van der Waals surface area contributed by atoms with Crippen LogP contribution < -0.4 is 5.73 Å². The van der Waals surface area contributed by atoms with E-state index in [0.717, 1.165) is 25.7 Å². The largest absolute Gasteiger partial charge is 0.328 e. The fourth-order valence-corrected chi connectivity index (χ4v) is 4.45. The Morgan fingerprint density at radius 1 is 1.30 bits per heavy atom. The van der Waals surface area contributed by atoms with Crippen molar-refractivity contribution in [2.45, 2.75) is 56.5 Å². The standard InChI is InChI=1S/C15H24N2O2S/c1-3-4-13-5-7-15(8-6-13)20(18,19)17-10-9-14(16)11-12(17)2/h5-8,12,14H,3-4,9-11,16H2,1-2H3. The van der Waals surface area contributed by atoms with Crippen LogP contribution in [0.2, 0.25) is 0 Å². The van der Waals surface area contributed by atoms with Crippen LogP contribution in [0.1, 0.15) is 38.7 Å². The summed E-state index contributed by atoms with van der Waals surface area (Å²) in [6.07, 6.45) is 3.51. The summed E-state index contributed by atoms with van der Waals surface area (Å²) in [7, 11) is -3.39. The quantitative estimate of drug-likeness (QED) is 0.926. The van der Waals surface area contributed by atoms with Crippen LogP contribution in [-0.4, -0.2) is 31.4 Å². The highest BCUT2D eigenvalue weighted by atomic mass is 32.2. The summed E-state index contributed by atoms with van der Waals surface area (Å²) < 4.78 is 26.9. The van der Waals surface area contributed by atoms with Crippen LogP contribution in [0.15, 0.2) is 29.2 Å². The molecule has 1 fully saturated rings. The highest BCUT2D eigenvalue weighted by Gasteiger charge is 2.33. The van der Waals surface area contributed by atoms with Gasteiger partial charge in [0.05, 0.1) is 4.90 Å². The Kier molecular flexibility index (Phi) is 4.83. The number of aryl methyl sites for hydroxylation is 1. The van der Waals surface area contributed by atoms with E-state index in [-0.39, 0.29) is 12.1 Å². The van der Waals surface area contributed by atoms with E-state index in [2.05, 4.69) is 6.92 Å². The van der Waals surface area contributed by atoms with Gasteiger partial charge in [-0.05, 0) is 43.9 Å². The first-order valence-corrected chi connectivity index (χ1v) is 8.75. The number of hydrogen-bond acceptors (Lipinski definition) is 3. The summed E-state index contributed by atoms with van der Waals surface area (Å²) >= 11 is 0. The van der Waals surface area contributed by atoms with Crippen molar-refractivity contribution in [2.75, 3.05) is 6.54 Å². The lowest BCUT2D eigenvalue weighted by Gasteiger charge is -2.35. The highest BCUT2D eigenvalue weighted by molar-refractivity contribution is 7.89. The van der Waals surface area contributed by atoms with Crippen molar-refractivity contribution in [2.24, 2.45) is 5.73 Å². The van der Waals surface area contributed by atoms with Crippen molar-refractivity contribution in [1.82, 2.24) is 4.31 Å². The number of nitrogens with zero attached hydrogens (tertiary/aromatic N) is 1. The van der Waals surface area contributed by atoms with E-state index in [1.165, 1.54) is 5.56 Å². The summed E-state index contributed by atoms with van der Waals surface area (Å²) in [5.74, 6) is 0. The molecule has 5 heteroatoms. The van der Waals surface area contributed by atoms with Gasteiger partial charge >= 0.3 is 0 Å². The minimum absolute atomic E-state index is 0.0286. The first-order valence-electron chi connectivity index (χ1n) is 7.31. The van der Waals surface area contributed by atoms with Crippen LogP contribution in [0.5, 0.6) is 0 Å². The van der Waals surface area contributed by atoms with Gasteiger partial charge in [-0.3, -0.25) is 0 Å². The molecule has 0 radical (unpaired) electrons. The molecule has 2 atom stereocenters. The fourth-order valence-electron chi connectivity index (χ4n) is 2.80. The molecule has 2 N–H and O–H groups in total. The maximum absolute atomic E-state index is 12.7. The normalized spacial score (nSPS) is 24.8. The van der Waals surface area contributed by atoms with Crippen molar-refractivity contribution in [3.8, 4) is 0 Å². The molecule has 0 aliphatic carbocycles. The third-order valence-electron chi connectivity index (χ3n) is 3.92. The van der Waals surface area contributed by atoms with Gasteiger partial charge in [-0.25, -0.2) is 8.42 Å². The van der Waals surface area contributed by atoms with E-state index in [0.29, 0.717) is 11.4 Å². The summed E-state index contributed by atoms with van der Waals surface area (Å²) in [5, 5.41) is 0. The van der Waals surface area contributed by atoms with Gasteiger partial charge in [-0.15, -0.1) is 0 Å². The van der Waals surface area contributed by atoms with E-state index in [9.17, 15) is 8.42 Å². The Balaban J connectivity index is 2.21. The second-order valence-electron chi connectivity index (χ2n) is 5.64. The third kappa shape index (κ3) is 3.22. The summed E-state index contributed by atoms with van der Waals surface area (Å²) in [6.45, 7) is 4.56. The van der Waals surface area contributed by atoms with Crippen LogP contribution in [0.3, 0.4) is 0 Å². The zero-order valence-electron chi connectivity index (χ0n) is 12.2. The van der Waals surface area contributed by atoms with Crippen molar-refractivity contribution in [3.63, 3.8) is 0 Å². The minimum atomic E-state index is -3.39. The van der Waals surface area contributed by atoms with Gasteiger partial charge in [-0.1, -0.05) is 25.5 Å². The number of rotatable bonds is 4.